The van der Waals surface area contributed by atoms with E-state index < -0.39 is 0 Å². The van der Waals surface area contributed by atoms with Gasteiger partial charge in [0.25, 0.3) is 0 Å². The fraction of sp³-hybridized carbons (Fsp3) is 0.667. The second-order valence-electron chi connectivity index (χ2n) is 6.54. The molecule has 0 aromatic heterocycles. The van der Waals surface area contributed by atoms with Gasteiger partial charge in [-0.05, 0) is 30.9 Å². The summed E-state index contributed by atoms with van der Waals surface area (Å²) < 4.78 is 0. The molecule has 112 valence electrons. The standard InChI is InChI=1S/C18H30N2/c1-15(13-16-9-5-4-6-10-16)19-14-17-11-7-8-12-18(17)20(2)3/h7-8,11-12,15-16,19H,4-6,9-10,13-14H2,1-3H3. The minimum Gasteiger partial charge on any atom is -0.377 e. The van der Waals surface area contributed by atoms with Crippen LogP contribution in [-0.2, 0) is 6.54 Å². The number of hydrogen-bond acceptors (Lipinski definition) is 2. The minimum absolute atomic E-state index is 0.619. The van der Waals surface area contributed by atoms with Crippen molar-refractivity contribution in [2.75, 3.05) is 19.0 Å². The second-order valence-corrected chi connectivity index (χ2v) is 6.54. The van der Waals surface area contributed by atoms with Crippen LogP contribution in [0.1, 0.15) is 51.0 Å². The lowest BCUT2D eigenvalue weighted by atomic mass is 9.85. The lowest BCUT2D eigenvalue weighted by Crippen LogP contribution is -2.29. The molecule has 2 heteroatoms. The van der Waals surface area contributed by atoms with E-state index in [0.29, 0.717) is 6.04 Å². The van der Waals surface area contributed by atoms with Crippen LogP contribution in [0.15, 0.2) is 24.3 Å². The number of rotatable bonds is 6. The van der Waals surface area contributed by atoms with Gasteiger partial charge in [0.15, 0.2) is 0 Å². The Kier molecular flexibility index (Phi) is 5.90. The van der Waals surface area contributed by atoms with Crippen LogP contribution in [0.3, 0.4) is 0 Å². The van der Waals surface area contributed by atoms with Crippen molar-refractivity contribution in [2.45, 2.75) is 58.0 Å². The number of benzene rings is 1. The van der Waals surface area contributed by atoms with Crippen LogP contribution in [0.5, 0.6) is 0 Å². The highest BCUT2D eigenvalue weighted by molar-refractivity contribution is 5.52. The first-order valence-electron chi connectivity index (χ1n) is 8.15. The van der Waals surface area contributed by atoms with E-state index in [2.05, 4.69) is 55.5 Å². The first-order valence-corrected chi connectivity index (χ1v) is 8.15. The number of anilines is 1. The number of hydrogen-bond donors (Lipinski definition) is 1. The van der Waals surface area contributed by atoms with Crippen LogP contribution in [-0.4, -0.2) is 20.1 Å². The van der Waals surface area contributed by atoms with Gasteiger partial charge in [-0.2, -0.15) is 0 Å². The lowest BCUT2D eigenvalue weighted by Gasteiger charge is -2.26. The molecule has 20 heavy (non-hydrogen) atoms. The Morgan fingerprint density at radius 2 is 1.85 bits per heavy atom. The molecule has 0 spiro atoms. The molecule has 1 aliphatic rings. The molecule has 1 aliphatic carbocycles. The van der Waals surface area contributed by atoms with Crippen LogP contribution < -0.4 is 10.2 Å². The Bertz CT molecular complexity index is 394. The average molecular weight is 274 g/mol. The van der Waals surface area contributed by atoms with Crippen LogP contribution >= 0.6 is 0 Å². The van der Waals surface area contributed by atoms with Gasteiger partial charge < -0.3 is 10.2 Å². The predicted molar refractivity (Wildman–Crippen MR) is 88.3 cm³/mol. The molecule has 2 rings (SSSR count). The van der Waals surface area contributed by atoms with E-state index >= 15 is 0 Å². The second kappa shape index (κ2) is 7.68. The molecule has 0 heterocycles. The number of nitrogens with zero attached hydrogens (tertiary/aromatic N) is 1. The lowest BCUT2D eigenvalue weighted by molar-refractivity contribution is 0.304. The molecule has 1 saturated carbocycles. The van der Waals surface area contributed by atoms with Gasteiger partial charge in [0.2, 0.25) is 0 Å². The zero-order valence-electron chi connectivity index (χ0n) is 13.4. The SMILES string of the molecule is CC(CC1CCCCC1)NCc1ccccc1N(C)C. The van der Waals surface area contributed by atoms with Crippen molar-refractivity contribution >= 4 is 5.69 Å². The monoisotopic (exact) mass is 274 g/mol. The average Bonchev–Trinajstić information content (AvgIpc) is 2.46. The van der Waals surface area contributed by atoms with E-state index in [0.717, 1.165) is 12.5 Å². The van der Waals surface area contributed by atoms with Gasteiger partial charge >= 0.3 is 0 Å². The van der Waals surface area contributed by atoms with Crippen molar-refractivity contribution in [3.63, 3.8) is 0 Å². The molecule has 1 N–H and O–H groups in total. The van der Waals surface area contributed by atoms with Gasteiger partial charge in [0, 0.05) is 32.4 Å². The Hall–Kier alpha value is -1.02. The Balaban J connectivity index is 1.82. The van der Waals surface area contributed by atoms with Crippen LogP contribution in [0.4, 0.5) is 5.69 Å². The molecule has 0 aliphatic heterocycles. The van der Waals surface area contributed by atoms with Gasteiger partial charge in [-0.3, -0.25) is 0 Å². The molecule has 0 radical (unpaired) electrons. The largest absolute Gasteiger partial charge is 0.377 e. The highest BCUT2D eigenvalue weighted by Gasteiger charge is 2.16. The summed E-state index contributed by atoms with van der Waals surface area (Å²) in [6.07, 6.45) is 8.57. The van der Waals surface area contributed by atoms with Gasteiger partial charge in [-0.15, -0.1) is 0 Å². The topological polar surface area (TPSA) is 15.3 Å². The van der Waals surface area contributed by atoms with Crippen LogP contribution in [0, 0.1) is 5.92 Å². The molecule has 1 unspecified atom stereocenters. The maximum atomic E-state index is 3.71. The van der Waals surface area contributed by atoms with Crippen molar-refractivity contribution in [1.29, 1.82) is 0 Å². The summed E-state index contributed by atoms with van der Waals surface area (Å²) in [5.41, 5.74) is 2.72. The normalized spacial score (nSPS) is 17.9. The van der Waals surface area contributed by atoms with Gasteiger partial charge in [-0.25, -0.2) is 0 Å². The highest BCUT2D eigenvalue weighted by Crippen LogP contribution is 2.27. The number of nitrogens with one attached hydrogen (secondary N) is 1. The van der Waals surface area contributed by atoms with E-state index in [4.69, 9.17) is 0 Å². The van der Waals surface area contributed by atoms with Crippen LogP contribution in [0.2, 0.25) is 0 Å². The van der Waals surface area contributed by atoms with E-state index in [-0.39, 0.29) is 0 Å². The van der Waals surface area contributed by atoms with Crippen molar-refractivity contribution in [1.82, 2.24) is 5.32 Å². The zero-order valence-corrected chi connectivity index (χ0v) is 13.4. The summed E-state index contributed by atoms with van der Waals surface area (Å²) >= 11 is 0. The Morgan fingerprint density at radius 3 is 2.55 bits per heavy atom. The van der Waals surface area contributed by atoms with Crippen LogP contribution in [0.25, 0.3) is 0 Å². The molecule has 2 nitrogen and oxygen atoms in total. The van der Waals surface area contributed by atoms with Gasteiger partial charge in [0.05, 0.1) is 0 Å². The summed E-state index contributed by atoms with van der Waals surface area (Å²) in [5.74, 6) is 0.954. The van der Waals surface area contributed by atoms with Crippen molar-refractivity contribution in [3.8, 4) is 0 Å². The molecule has 0 saturated heterocycles. The summed E-state index contributed by atoms with van der Waals surface area (Å²) in [6.45, 7) is 3.31. The van der Waals surface area contributed by atoms with Crippen molar-refractivity contribution in [3.05, 3.63) is 29.8 Å². The number of para-hydroxylation sites is 1. The first-order chi connectivity index (χ1) is 9.66. The summed E-state index contributed by atoms with van der Waals surface area (Å²) in [5, 5.41) is 3.71. The van der Waals surface area contributed by atoms with E-state index in [9.17, 15) is 0 Å². The molecule has 1 aromatic rings. The predicted octanol–water partition coefficient (Wildman–Crippen LogP) is 4.20. The molecule has 1 fully saturated rings. The zero-order chi connectivity index (χ0) is 14.4. The van der Waals surface area contributed by atoms with Gasteiger partial charge in [0.1, 0.15) is 0 Å². The quantitative estimate of drug-likeness (QED) is 0.836. The minimum atomic E-state index is 0.619. The third-order valence-corrected chi connectivity index (χ3v) is 4.53. The molecular formula is C18H30N2. The van der Waals surface area contributed by atoms with Gasteiger partial charge in [-0.1, -0.05) is 50.3 Å². The summed E-state index contributed by atoms with van der Waals surface area (Å²) in [6, 6.07) is 9.30. The molecular weight excluding hydrogens is 244 g/mol. The van der Waals surface area contributed by atoms with Crippen molar-refractivity contribution in [2.24, 2.45) is 5.92 Å². The smallest absolute Gasteiger partial charge is 0.0406 e. The summed E-state index contributed by atoms with van der Waals surface area (Å²) in [4.78, 5) is 2.20. The first kappa shape index (κ1) is 15.4. The van der Waals surface area contributed by atoms with E-state index in [1.165, 1.54) is 49.8 Å². The molecule has 1 aromatic carbocycles. The Labute approximate surface area is 124 Å². The van der Waals surface area contributed by atoms with Crippen molar-refractivity contribution < 1.29 is 0 Å². The maximum absolute atomic E-state index is 3.71. The van der Waals surface area contributed by atoms with E-state index in [1.54, 1.807) is 0 Å². The fourth-order valence-corrected chi connectivity index (χ4v) is 3.39. The third-order valence-electron chi connectivity index (χ3n) is 4.53. The van der Waals surface area contributed by atoms with E-state index in [1.807, 2.05) is 0 Å². The molecule has 0 bridgehead atoms. The fourth-order valence-electron chi connectivity index (χ4n) is 3.39. The highest BCUT2D eigenvalue weighted by atomic mass is 15.1. The Morgan fingerprint density at radius 1 is 1.15 bits per heavy atom. The third kappa shape index (κ3) is 4.52. The maximum Gasteiger partial charge on any atom is 0.0406 e. The molecule has 1 atom stereocenters. The summed E-state index contributed by atoms with van der Waals surface area (Å²) in [7, 11) is 4.23. The molecule has 0 amide bonds.